The first-order valence-corrected chi connectivity index (χ1v) is 11.7. The summed E-state index contributed by atoms with van der Waals surface area (Å²) in [6.45, 7) is 3.54. The molecule has 11 heteroatoms. The SMILES string of the molecule is CCNC(=O)NC(=O)[C@H](C)OC(=O)c1ccc(Cl)c(S(=O)(=O)N2CCc3ccccc32)c1. The van der Waals surface area contributed by atoms with Gasteiger partial charge in [-0.1, -0.05) is 29.8 Å². The van der Waals surface area contributed by atoms with E-state index in [4.69, 9.17) is 16.3 Å². The number of rotatable bonds is 6. The van der Waals surface area contributed by atoms with E-state index in [1.165, 1.54) is 23.4 Å². The number of nitrogens with zero attached hydrogens (tertiary/aromatic N) is 1. The first-order valence-electron chi connectivity index (χ1n) is 9.85. The van der Waals surface area contributed by atoms with Gasteiger partial charge < -0.3 is 10.1 Å². The number of fused-ring (bicyclic) bond motifs is 1. The standard InChI is InChI=1S/C21H22ClN3O6S/c1-3-23-21(28)24-19(26)13(2)31-20(27)15-8-9-16(22)18(12-15)32(29,30)25-11-10-14-6-4-5-7-17(14)25/h4-9,12-13H,3,10-11H2,1-2H3,(H2,23,24,26,28)/t13-/m0/s1. The molecule has 0 aliphatic carbocycles. The molecule has 0 bridgehead atoms. The van der Waals surface area contributed by atoms with Crippen LogP contribution in [-0.4, -0.2) is 45.5 Å². The van der Waals surface area contributed by atoms with Gasteiger partial charge in [-0.2, -0.15) is 0 Å². The molecule has 0 radical (unpaired) electrons. The van der Waals surface area contributed by atoms with Crippen LogP contribution in [0, 0.1) is 0 Å². The molecule has 1 atom stereocenters. The van der Waals surface area contributed by atoms with Crippen molar-refractivity contribution in [1.29, 1.82) is 0 Å². The zero-order valence-electron chi connectivity index (χ0n) is 17.4. The number of esters is 1. The Morgan fingerprint density at radius 1 is 1.19 bits per heavy atom. The maximum Gasteiger partial charge on any atom is 0.338 e. The van der Waals surface area contributed by atoms with Gasteiger partial charge in [0.25, 0.3) is 15.9 Å². The van der Waals surface area contributed by atoms with Crippen LogP contribution in [-0.2, 0) is 26.0 Å². The van der Waals surface area contributed by atoms with E-state index in [1.807, 2.05) is 17.4 Å². The van der Waals surface area contributed by atoms with Gasteiger partial charge in [0.05, 0.1) is 16.3 Å². The van der Waals surface area contributed by atoms with Gasteiger partial charge in [0.2, 0.25) is 0 Å². The average Bonchev–Trinajstić information content (AvgIpc) is 3.19. The molecule has 3 amide bonds. The van der Waals surface area contributed by atoms with Crippen LogP contribution >= 0.6 is 11.6 Å². The molecule has 1 aliphatic heterocycles. The van der Waals surface area contributed by atoms with Gasteiger partial charge in [-0.15, -0.1) is 0 Å². The number of halogens is 1. The van der Waals surface area contributed by atoms with Crippen molar-refractivity contribution in [2.75, 3.05) is 17.4 Å². The molecule has 0 aromatic heterocycles. The van der Waals surface area contributed by atoms with Crippen LogP contribution in [0.3, 0.4) is 0 Å². The Bertz CT molecular complexity index is 1170. The quantitative estimate of drug-likeness (QED) is 0.614. The molecule has 0 spiro atoms. The van der Waals surface area contributed by atoms with Gasteiger partial charge in [0, 0.05) is 13.1 Å². The van der Waals surface area contributed by atoms with E-state index in [0.29, 0.717) is 18.7 Å². The zero-order valence-corrected chi connectivity index (χ0v) is 19.0. The molecule has 0 saturated heterocycles. The summed E-state index contributed by atoms with van der Waals surface area (Å²) in [6, 6.07) is 10.1. The largest absolute Gasteiger partial charge is 0.449 e. The molecule has 0 fully saturated rings. The number of anilines is 1. The normalized spacial score (nSPS) is 13.8. The fourth-order valence-corrected chi connectivity index (χ4v) is 5.21. The molecule has 1 aliphatic rings. The molecular weight excluding hydrogens is 458 g/mol. The van der Waals surface area contributed by atoms with Gasteiger partial charge in [0.15, 0.2) is 6.10 Å². The predicted octanol–water partition coefficient (Wildman–Crippen LogP) is 2.48. The lowest BCUT2D eigenvalue weighted by molar-refractivity contribution is -0.127. The highest BCUT2D eigenvalue weighted by Crippen LogP contribution is 2.35. The fourth-order valence-electron chi connectivity index (χ4n) is 3.20. The Labute approximate surface area is 190 Å². The first-order chi connectivity index (χ1) is 15.1. The van der Waals surface area contributed by atoms with E-state index < -0.39 is 34.0 Å². The topological polar surface area (TPSA) is 122 Å². The molecule has 9 nitrogen and oxygen atoms in total. The number of urea groups is 1. The minimum atomic E-state index is -4.04. The summed E-state index contributed by atoms with van der Waals surface area (Å²) in [7, 11) is -4.04. The maximum atomic E-state index is 13.3. The van der Waals surface area contributed by atoms with Crippen molar-refractivity contribution in [3.8, 4) is 0 Å². The van der Waals surface area contributed by atoms with E-state index in [9.17, 15) is 22.8 Å². The van der Waals surface area contributed by atoms with Crippen LogP contribution in [0.1, 0.15) is 29.8 Å². The van der Waals surface area contributed by atoms with Gasteiger partial charge in [-0.3, -0.25) is 14.4 Å². The smallest absolute Gasteiger partial charge is 0.338 e. The van der Waals surface area contributed by atoms with E-state index >= 15 is 0 Å². The third-order valence-electron chi connectivity index (χ3n) is 4.81. The van der Waals surface area contributed by atoms with Gasteiger partial charge >= 0.3 is 12.0 Å². The number of carbonyl (C=O) groups is 3. The number of hydrogen-bond donors (Lipinski definition) is 2. The lowest BCUT2D eigenvalue weighted by Crippen LogP contribution is -2.44. The number of hydrogen-bond acceptors (Lipinski definition) is 6. The zero-order chi connectivity index (χ0) is 23.5. The second kappa shape index (κ2) is 9.58. The van der Waals surface area contributed by atoms with Gasteiger partial charge in [0.1, 0.15) is 4.90 Å². The maximum absolute atomic E-state index is 13.3. The number of para-hydroxylation sites is 1. The molecule has 3 rings (SSSR count). The second-order valence-corrected chi connectivity index (χ2v) is 9.24. The summed E-state index contributed by atoms with van der Waals surface area (Å²) in [5.41, 5.74) is 1.36. The highest BCUT2D eigenvalue weighted by Gasteiger charge is 2.33. The molecular formula is C21H22ClN3O6S. The first kappa shape index (κ1) is 23.6. The van der Waals surface area contributed by atoms with E-state index in [1.54, 1.807) is 19.1 Å². The number of ether oxygens (including phenoxy) is 1. The summed E-state index contributed by atoms with van der Waals surface area (Å²) in [6.07, 6.45) is -0.723. The number of sulfonamides is 1. The van der Waals surface area contributed by atoms with E-state index in [2.05, 4.69) is 5.32 Å². The summed E-state index contributed by atoms with van der Waals surface area (Å²) in [5.74, 6) is -1.75. The van der Waals surface area contributed by atoms with Crippen molar-refractivity contribution in [3.05, 3.63) is 58.6 Å². The molecule has 2 aromatic rings. The van der Waals surface area contributed by atoms with Crippen LogP contribution in [0.5, 0.6) is 0 Å². The predicted molar refractivity (Wildman–Crippen MR) is 118 cm³/mol. The van der Waals surface area contributed by atoms with Crippen LogP contribution in [0.25, 0.3) is 0 Å². The van der Waals surface area contributed by atoms with Gasteiger partial charge in [-0.05, 0) is 50.1 Å². The number of nitrogens with one attached hydrogen (secondary N) is 2. The lowest BCUT2D eigenvalue weighted by Gasteiger charge is -2.20. The summed E-state index contributed by atoms with van der Waals surface area (Å²) in [5, 5.41) is 4.37. The Hall–Kier alpha value is -3.11. The Morgan fingerprint density at radius 2 is 1.91 bits per heavy atom. The van der Waals surface area contributed by atoms with E-state index in [-0.39, 0.29) is 22.0 Å². The minimum absolute atomic E-state index is 0.0482. The monoisotopic (exact) mass is 479 g/mol. The third-order valence-corrected chi connectivity index (χ3v) is 7.10. The Morgan fingerprint density at radius 3 is 2.62 bits per heavy atom. The van der Waals surface area contributed by atoms with Crippen molar-refractivity contribution in [2.45, 2.75) is 31.3 Å². The van der Waals surface area contributed by atoms with Crippen LogP contribution in [0.2, 0.25) is 5.02 Å². The molecule has 1 heterocycles. The molecule has 32 heavy (non-hydrogen) atoms. The Kier molecular flexibility index (Phi) is 7.05. The third kappa shape index (κ3) is 4.86. The average molecular weight is 480 g/mol. The molecule has 0 saturated carbocycles. The minimum Gasteiger partial charge on any atom is -0.449 e. The number of imide groups is 1. The van der Waals surface area contributed by atoms with Crippen molar-refractivity contribution in [1.82, 2.24) is 10.6 Å². The number of amides is 3. The molecule has 0 unspecified atom stereocenters. The number of benzene rings is 2. The van der Waals surface area contributed by atoms with Crippen molar-refractivity contribution >= 4 is 45.2 Å². The molecule has 2 N–H and O–H groups in total. The summed E-state index contributed by atoms with van der Waals surface area (Å²) < 4.78 is 32.9. The number of carbonyl (C=O) groups excluding carboxylic acids is 3. The van der Waals surface area contributed by atoms with E-state index in [0.717, 1.165) is 11.6 Å². The van der Waals surface area contributed by atoms with Crippen LogP contribution < -0.4 is 14.9 Å². The van der Waals surface area contributed by atoms with Crippen molar-refractivity contribution in [2.24, 2.45) is 0 Å². The molecule has 2 aromatic carbocycles. The fraction of sp³-hybridized carbons (Fsp3) is 0.286. The van der Waals surface area contributed by atoms with Crippen molar-refractivity contribution < 1.29 is 27.5 Å². The highest BCUT2D eigenvalue weighted by molar-refractivity contribution is 7.93. The highest BCUT2D eigenvalue weighted by atomic mass is 35.5. The van der Waals surface area contributed by atoms with Crippen LogP contribution in [0.15, 0.2) is 47.4 Å². The second-order valence-electron chi connectivity index (χ2n) is 7.00. The molecule has 170 valence electrons. The summed E-state index contributed by atoms with van der Waals surface area (Å²) >= 11 is 6.17. The lowest BCUT2D eigenvalue weighted by atomic mass is 10.2. The summed E-state index contributed by atoms with van der Waals surface area (Å²) in [4.78, 5) is 35.7. The Balaban J connectivity index is 1.81. The van der Waals surface area contributed by atoms with Crippen LogP contribution in [0.4, 0.5) is 10.5 Å². The van der Waals surface area contributed by atoms with Gasteiger partial charge in [-0.25, -0.2) is 18.0 Å². The van der Waals surface area contributed by atoms with Crippen molar-refractivity contribution in [3.63, 3.8) is 0 Å².